The molecule has 9 heteroatoms. The Kier molecular flexibility index (Phi) is 10.4. The minimum atomic E-state index is -0.535. The molecule has 1 aliphatic carbocycles. The number of amides is 3. The molecule has 4 rings (SSSR count). The van der Waals surface area contributed by atoms with E-state index in [0.717, 1.165) is 31.2 Å². The Balaban J connectivity index is 1.68. The molecule has 246 valence electrons. The fourth-order valence-electron chi connectivity index (χ4n) is 7.43. The largest absolute Gasteiger partial charge is 0.354 e. The van der Waals surface area contributed by atoms with Crippen LogP contribution in [-0.2, 0) is 14.4 Å². The predicted octanol–water partition coefficient (Wildman–Crippen LogP) is 6.76. The first-order valence-electron chi connectivity index (χ1n) is 16.4. The lowest BCUT2D eigenvalue weighted by Gasteiger charge is -2.45. The Morgan fingerprint density at radius 2 is 1.61 bits per heavy atom. The third-order valence-electron chi connectivity index (χ3n) is 10.2. The van der Waals surface area contributed by atoms with Crippen molar-refractivity contribution in [1.82, 2.24) is 20.0 Å². The number of benzene rings is 1. The first kappa shape index (κ1) is 35.0. The zero-order valence-electron chi connectivity index (χ0n) is 28.3. The molecule has 0 aromatic heterocycles. The molecular formula is C35H54Cl2N4O3. The summed E-state index contributed by atoms with van der Waals surface area (Å²) >= 11 is 13.0. The van der Waals surface area contributed by atoms with Gasteiger partial charge in [-0.15, -0.1) is 0 Å². The van der Waals surface area contributed by atoms with Crippen molar-refractivity contribution in [1.29, 1.82) is 0 Å². The van der Waals surface area contributed by atoms with Gasteiger partial charge in [0.25, 0.3) is 0 Å². The topological polar surface area (TPSA) is 73.0 Å². The van der Waals surface area contributed by atoms with Crippen molar-refractivity contribution < 1.29 is 14.4 Å². The van der Waals surface area contributed by atoms with Gasteiger partial charge in [-0.3, -0.25) is 19.3 Å². The summed E-state index contributed by atoms with van der Waals surface area (Å²) in [5.74, 6) is -0.318. The van der Waals surface area contributed by atoms with E-state index in [-0.39, 0.29) is 58.6 Å². The van der Waals surface area contributed by atoms with Gasteiger partial charge in [-0.1, -0.05) is 63.9 Å². The third kappa shape index (κ3) is 7.93. The maximum Gasteiger partial charge on any atom is 0.228 e. The average Bonchev–Trinajstić information content (AvgIpc) is 3.53. The molecule has 7 nitrogen and oxygen atoms in total. The van der Waals surface area contributed by atoms with Gasteiger partial charge in [0.15, 0.2) is 0 Å². The number of carbonyl (C=O) groups excluding carboxylic acids is 3. The van der Waals surface area contributed by atoms with Crippen LogP contribution in [0.5, 0.6) is 0 Å². The summed E-state index contributed by atoms with van der Waals surface area (Å²) in [6.45, 7) is 20.8. The summed E-state index contributed by atoms with van der Waals surface area (Å²) in [6, 6.07) is 5.41. The highest BCUT2D eigenvalue weighted by Gasteiger charge is 2.49. The van der Waals surface area contributed by atoms with Crippen molar-refractivity contribution in [3.63, 3.8) is 0 Å². The van der Waals surface area contributed by atoms with Gasteiger partial charge in [0.2, 0.25) is 17.7 Å². The van der Waals surface area contributed by atoms with Crippen molar-refractivity contribution in [2.45, 2.75) is 124 Å². The standard InChI is InChI=1S/C35H54Cl2N4O3/c1-22(42)38-18-25-17-26(41(32(44)33(2,3)4)24-12-14-35(8,9)15-13-24)19-40(25)31(43)29-21-39(34(5,6)7)20-28(29)27-11-10-23(36)16-30(27)37/h10-11,16,24-26,28-29H,12-15,17-21H2,1-9H3,(H,38,42)/t25-,26-,28-,29+/m0/s1. The summed E-state index contributed by atoms with van der Waals surface area (Å²) in [5.41, 5.74) is 0.551. The summed E-state index contributed by atoms with van der Waals surface area (Å²) in [7, 11) is 0. The van der Waals surface area contributed by atoms with Crippen LogP contribution in [0.15, 0.2) is 18.2 Å². The van der Waals surface area contributed by atoms with Crippen LogP contribution >= 0.6 is 23.2 Å². The summed E-state index contributed by atoms with van der Waals surface area (Å²) < 4.78 is 0. The lowest BCUT2D eigenvalue weighted by molar-refractivity contribution is -0.147. The second kappa shape index (κ2) is 13.1. The molecule has 0 radical (unpaired) electrons. The van der Waals surface area contributed by atoms with E-state index >= 15 is 0 Å². The molecule has 3 aliphatic rings. The van der Waals surface area contributed by atoms with E-state index < -0.39 is 5.41 Å². The minimum Gasteiger partial charge on any atom is -0.354 e. The number of nitrogens with one attached hydrogen (secondary N) is 1. The minimum absolute atomic E-state index is 0.0681. The number of halogens is 2. The molecule has 1 aromatic rings. The average molecular weight is 650 g/mol. The SMILES string of the molecule is CC(=O)NC[C@@H]1C[C@H](N(C(=O)C(C)(C)C)C2CCC(C)(C)CC2)CN1C(=O)[C@@H]1CN(C(C)(C)C)C[C@H]1c1ccc(Cl)cc1Cl. The van der Waals surface area contributed by atoms with Crippen molar-refractivity contribution in [3.8, 4) is 0 Å². The molecule has 3 amide bonds. The number of hydrogen-bond donors (Lipinski definition) is 1. The molecule has 0 spiro atoms. The molecule has 0 bridgehead atoms. The lowest BCUT2D eigenvalue weighted by Crippen LogP contribution is -2.54. The Bertz CT molecular complexity index is 1230. The normalized spacial score (nSPS) is 26.6. The molecule has 2 aliphatic heterocycles. The molecule has 2 saturated heterocycles. The van der Waals surface area contributed by atoms with Crippen molar-refractivity contribution in [3.05, 3.63) is 33.8 Å². The van der Waals surface area contributed by atoms with E-state index in [4.69, 9.17) is 23.2 Å². The molecule has 0 unspecified atom stereocenters. The van der Waals surface area contributed by atoms with Crippen molar-refractivity contribution >= 4 is 40.9 Å². The molecule has 1 aromatic carbocycles. The van der Waals surface area contributed by atoms with Gasteiger partial charge in [-0.2, -0.15) is 0 Å². The fraction of sp³-hybridized carbons (Fsp3) is 0.743. The van der Waals surface area contributed by atoms with E-state index in [1.54, 1.807) is 6.07 Å². The maximum atomic E-state index is 14.7. The highest BCUT2D eigenvalue weighted by Crippen LogP contribution is 2.43. The molecule has 3 fully saturated rings. The number of hydrogen-bond acceptors (Lipinski definition) is 4. The zero-order chi connectivity index (χ0) is 32.8. The second-order valence-electron chi connectivity index (χ2n) is 16.3. The van der Waals surface area contributed by atoms with Gasteiger partial charge in [0, 0.05) is 66.1 Å². The van der Waals surface area contributed by atoms with Gasteiger partial charge in [-0.05, 0) is 76.0 Å². The van der Waals surface area contributed by atoms with E-state index in [1.165, 1.54) is 6.92 Å². The van der Waals surface area contributed by atoms with Crippen LogP contribution in [0.25, 0.3) is 0 Å². The van der Waals surface area contributed by atoms with Gasteiger partial charge in [0.1, 0.15) is 0 Å². The first-order chi connectivity index (χ1) is 20.3. The highest BCUT2D eigenvalue weighted by molar-refractivity contribution is 6.35. The molecule has 4 atom stereocenters. The molecule has 44 heavy (non-hydrogen) atoms. The highest BCUT2D eigenvalue weighted by atomic mass is 35.5. The maximum absolute atomic E-state index is 14.7. The van der Waals surface area contributed by atoms with Crippen LogP contribution < -0.4 is 5.32 Å². The fourth-order valence-corrected chi connectivity index (χ4v) is 7.98. The zero-order valence-corrected chi connectivity index (χ0v) is 29.8. The number of nitrogens with zero attached hydrogens (tertiary/aromatic N) is 3. The summed E-state index contributed by atoms with van der Waals surface area (Å²) in [5, 5.41) is 4.13. The first-order valence-corrected chi connectivity index (χ1v) is 17.1. The van der Waals surface area contributed by atoms with E-state index in [0.29, 0.717) is 42.6 Å². The molecule has 1 N–H and O–H groups in total. The Morgan fingerprint density at radius 3 is 2.16 bits per heavy atom. The van der Waals surface area contributed by atoms with Crippen LogP contribution in [-0.4, -0.2) is 82.3 Å². The molecule has 2 heterocycles. The van der Waals surface area contributed by atoms with E-state index in [2.05, 4.69) is 49.7 Å². The van der Waals surface area contributed by atoms with Gasteiger partial charge in [-0.25, -0.2) is 0 Å². The van der Waals surface area contributed by atoms with Crippen LogP contribution in [0, 0.1) is 16.7 Å². The van der Waals surface area contributed by atoms with Crippen LogP contribution in [0.4, 0.5) is 0 Å². The number of carbonyl (C=O) groups is 3. The summed E-state index contributed by atoms with van der Waals surface area (Å²) in [4.78, 5) is 47.4. The van der Waals surface area contributed by atoms with Gasteiger partial charge < -0.3 is 15.1 Å². The summed E-state index contributed by atoms with van der Waals surface area (Å²) in [6.07, 6.45) is 4.73. The molecular weight excluding hydrogens is 595 g/mol. The van der Waals surface area contributed by atoms with Crippen molar-refractivity contribution in [2.75, 3.05) is 26.2 Å². The van der Waals surface area contributed by atoms with E-state index in [1.807, 2.05) is 37.8 Å². The van der Waals surface area contributed by atoms with Crippen LogP contribution in [0.2, 0.25) is 10.0 Å². The quantitative estimate of drug-likeness (QED) is 0.370. The van der Waals surface area contributed by atoms with E-state index in [9.17, 15) is 14.4 Å². The van der Waals surface area contributed by atoms with Crippen molar-refractivity contribution in [2.24, 2.45) is 16.7 Å². The molecule has 1 saturated carbocycles. The predicted molar refractivity (Wildman–Crippen MR) is 179 cm³/mol. The smallest absolute Gasteiger partial charge is 0.228 e. The Hall–Kier alpha value is -1.83. The van der Waals surface area contributed by atoms with Crippen LogP contribution in [0.1, 0.15) is 106 Å². The van der Waals surface area contributed by atoms with Gasteiger partial charge in [0.05, 0.1) is 18.0 Å². The lowest BCUT2D eigenvalue weighted by atomic mass is 9.74. The van der Waals surface area contributed by atoms with Gasteiger partial charge >= 0.3 is 0 Å². The third-order valence-corrected chi connectivity index (χ3v) is 10.7. The second-order valence-corrected chi connectivity index (χ2v) is 17.1. The Morgan fingerprint density at radius 1 is 0.977 bits per heavy atom. The monoisotopic (exact) mass is 648 g/mol. The number of likely N-dealkylation sites (tertiary alicyclic amines) is 2. The Labute approximate surface area is 275 Å². The van der Waals surface area contributed by atoms with Crippen LogP contribution in [0.3, 0.4) is 0 Å². The number of rotatable bonds is 6.